The summed E-state index contributed by atoms with van der Waals surface area (Å²) in [5.74, 6) is -5.28. The number of aliphatic hydroxyl groups excluding tert-OH is 2. The third-order valence-electron chi connectivity index (χ3n) is 13.6. The van der Waals surface area contributed by atoms with Gasteiger partial charge in [-0.05, 0) is 64.2 Å². The monoisotopic (exact) mass is 742 g/mol. The highest BCUT2D eigenvalue weighted by molar-refractivity contribution is 5.71. The summed E-state index contributed by atoms with van der Waals surface area (Å²) >= 11 is 0. The summed E-state index contributed by atoms with van der Waals surface area (Å²) in [4.78, 5) is 24.3. The Labute approximate surface area is 309 Å². The Kier molecular flexibility index (Phi) is 12.8. The van der Waals surface area contributed by atoms with Gasteiger partial charge in [0, 0.05) is 44.8 Å². The number of carbonyl (C=O) groups is 2. The molecular weight excluding hydrogens is 676 g/mol. The van der Waals surface area contributed by atoms with E-state index in [2.05, 4.69) is 27.7 Å². The lowest BCUT2D eigenvalue weighted by molar-refractivity contribution is -0.337. The van der Waals surface area contributed by atoms with Crippen LogP contribution in [0.4, 0.5) is 0 Å². The van der Waals surface area contributed by atoms with Crippen LogP contribution in [0.2, 0.25) is 0 Å². The van der Waals surface area contributed by atoms with E-state index in [1.165, 1.54) is 14.2 Å². The Balaban J connectivity index is 1.29. The first-order valence-corrected chi connectivity index (χ1v) is 19.6. The molecule has 5 heterocycles. The predicted octanol–water partition coefficient (Wildman–Crippen LogP) is 4.47. The number of carbonyl (C=O) groups excluding carboxylic acids is 1. The molecule has 5 fully saturated rings. The zero-order valence-electron chi connectivity index (χ0n) is 33.0. The van der Waals surface area contributed by atoms with E-state index in [4.69, 9.17) is 37.9 Å². The number of esters is 1. The smallest absolute Gasteiger partial charge is 0.334 e. The van der Waals surface area contributed by atoms with E-state index in [0.29, 0.717) is 25.7 Å². The van der Waals surface area contributed by atoms with Crippen molar-refractivity contribution in [3.05, 3.63) is 0 Å². The van der Waals surface area contributed by atoms with Crippen LogP contribution >= 0.6 is 0 Å². The first-order valence-electron chi connectivity index (χ1n) is 19.6. The van der Waals surface area contributed by atoms with E-state index in [1.807, 2.05) is 20.8 Å². The Hall–Kier alpha value is -1.42. The molecule has 300 valence electrons. The van der Waals surface area contributed by atoms with Crippen LogP contribution in [0, 0.1) is 35.5 Å². The molecule has 1 spiro atoms. The zero-order valence-corrected chi connectivity index (χ0v) is 33.0. The van der Waals surface area contributed by atoms with Gasteiger partial charge >= 0.3 is 11.9 Å². The van der Waals surface area contributed by atoms with Crippen molar-refractivity contribution < 1.29 is 62.8 Å². The molecule has 52 heavy (non-hydrogen) atoms. The summed E-state index contributed by atoms with van der Waals surface area (Å²) in [5, 5.41) is 31.5. The van der Waals surface area contributed by atoms with Crippen LogP contribution in [0.1, 0.15) is 107 Å². The minimum atomic E-state index is -1.47. The fourth-order valence-electron chi connectivity index (χ4n) is 10.4. The molecular formula is C39H66O13. The molecule has 3 N–H and O–H groups in total. The molecule has 17 atom stereocenters. The number of methoxy groups -OCH3 is 2. The van der Waals surface area contributed by atoms with Gasteiger partial charge in [0.2, 0.25) is 5.79 Å². The van der Waals surface area contributed by atoms with Crippen molar-refractivity contribution >= 4 is 11.9 Å². The fraction of sp³-hybridized carbons (Fsp3) is 0.949. The number of ether oxygens (including phenoxy) is 8. The highest BCUT2D eigenvalue weighted by Gasteiger charge is 2.62. The van der Waals surface area contributed by atoms with E-state index < -0.39 is 71.7 Å². The highest BCUT2D eigenvalue weighted by atomic mass is 16.7. The number of aliphatic hydroxyl groups is 2. The molecule has 5 saturated heterocycles. The Morgan fingerprint density at radius 3 is 2.31 bits per heavy atom. The van der Waals surface area contributed by atoms with Crippen molar-refractivity contribution in [1.29, 1.82) is 0 Å². The van der Waals surface area contributed by atoms with Crippen LogP contribution in [0.5, 0.6) is 0 Å². The Morgan fingerprint density at radius 2 is 1.69 bits per heavy atom. The van der Waals surface area contributed by atoms with Crippen molar-refractivity contribution in [2.24, 2.45) is 35.5 Å². The van der Waals surface area contributed by atoms with Gasteiger partial charge in [-0.3, -0.25) is 4.79 Å². The second kappa shape index (κ2) is 16.0. The molecule has 0 aromatic carbocycles. The molecule has 0 aromatic heterocycles. The quantitative estimate of drug-likeness (QED) is 0.226. The van der Waals surface area contributed by atoms with Gasteiger partial charge in [0.15, 0.2) is 5.79 Å². The van der Waals surface area contributed by atoms with Crippen molar-refractivity contribution in [3.63, 3.8) is 0 Å². The number of hydrogen-bond donors (Lipinski definition) is 3. The topological polar surface area (TPSA) is 169 Å². The molecule has 13 nitrogen and oxygen atoms in total. The molecule has 0 saturated carbocycles. The zero-order chi connectivity index (χ0) is 38.4. The van der Waals surface area contributed by atoms with Crippen molar-refractivity contribution in [1.82, 2.24) is 0 Å². The van der Waals surface area contributed by atoms with Crippen LogP contribution in [-0.4, -0.2) is 120 Å². The van der Waals surface area contributed by atoms with E-state index in [-0.39, 0.29) is 54.5 Å². The second-order valence-corrected chi connectivity index (χ2v) is 17.2. The molecule has 0 aromatic rings. The minimum Gasteiger partial charge on any atom is -0.481 e. The number of carboxylic acids is 1. The van der Waals surface area contributed by atoms with Crippen LogP contribution in [0.15, 0.2) is 0 Å². The lowest BCUT2D eigenvalue weighted by Crippen LogP contribution is -2.58. The third-order valence-corrected chi connectivity index (χ3v) is 13.6. The molecule has 5 rings (SSSR count). The van der Waals surface area contributed by atoms with Gasteiger partial charge in [-0.15, -0.1) is 0 Å². The van der Waals surface area contributed by atoms with Crippen LogP contribution < -0.4 is 0 Å². The van der Waals surface area contributed by atoms with Gasteiger partial charge in [0.05, 0.1) is 59.8 Å². The Bertz CT molecular complexity index is 1250. The van der Waals surface area contributed by atoms with Gasteiger partial charge in [-0.25, -0.2) is 4.79 Å². The number of carboxylic acid groups (broad SMARTS) is 1. The SMILES string of the molecule is CC[C@@]1([C@@H]2O[C@@H]([C@H]3O[C@](CO)(OC(=O)COC)[C@H](C)C[C@@H]3C)C[C@@H]2C)CC[C@H]([C@]2(C)CC[C@]3(C[C@H](O)[C@@H](C)[C@@H]([C@@H](C)[C@@H](OC)[C@H](C)C(=O)O)O3)O2)O1. The van der Waals surface area contributed by atoms with Crippen molar-refractivity contribution in [3.8, 4) is 0 Å². The molecule has 0 bridgehead atoms. The summed E-state index contributed by atoms with van der Waals surface area (Å²) < 4.78 is 50.7. The average molecular weight is 743 g/mol. The summed E-state index contributed by atoms with van der Waals surface area (Å²) in [6.07, 6.45) is 2.45. The molecule has 5 aliphatic heterocycles. The van der Waals surface area contributed by atoms with E-state index in [9.17, 15) is 24.9 Å². The first-order chi connectivity index (χ1) is 24.4. The molecule has 13 heteroatoms. The van der Waals surface area contributed by atoms with Gasteiger partial charge in [-0.2, -0.15) is 0 Å². The van der Waals surface area contributed by atoms with Gasteiger partial charge in [0.1, 0.15) is 13.2 Å². The summed E-state index contributed by atoms with van der Waals surface area (Å²) in [6.45, 7) is 15.3. The van der Waals surface area contributed by atoms with Crippen LogP contribution in [-0.2, 0) is 47.5 Å². The van der Waals surface area contributed by atoms with E-state index >= 15 is 0 Å². The summed E-state index contributed by atoms with van der Waals surface area (Å²) in [7, 11) is 2.94. The third kappa shape index (κ3) is 7.69. The molecule has 5 aliphatic rings. The molecule has 0 amide bonds. The number of aliphatic carboxylic acids is 1. The minimum absolute atomic E-state index is 0.107. The largest absolute Gasteiger partial charge is 0.481 e. The van der Waals surface area contributed by atoms with Gasteiger partial charge in [0.25, 0.3) is 0 Å². The first kappa shape index (κ1) is 41.7. The summed E-state index contributed by atoms with van der Waals surface area (Å²) in [6, 6.07) is 0. The predicted molar refractivity (Wildman–Crippen MR) is 188 cm³/mol. The summed E-state index contributed by atoms with van der Waals surface area (Å²) in [5.41, 5.74) is -1.23. The van der Waals surface area contributed by atoms with E-state index in [0.717, 1.165) is 25.7 Å². The fourth-order valence-corrected chi connectivity index (χ4v) is 10.4. The molecule has 0 unspecified atom stereocenters. The van der Waals surface area contributed by atoms with Gasteiger partial charge < -0.3 is 53.2 Å². The number of rotatable bonds is 13. The maximum Gasteiger partial charge on any atom is 0.334 e. The highest BCUT2D eigenvalue weighted by Crippen LogP contribution is 2.55. The molecule has 0 aliphatic carbocycles. The number of hydrogen-bond acceptors (Lipinski definition) is 12. The van der Waals surface area contributed by atoms with Crippen LogP contribution in [0.25, 0.3) is 0 Å². The lowest BCUT2D eigenvalue weighted by atomic mass is 9.78. The Morgan fingerprint density at radius 1 is 0.981 bits per heavy atom. The maximum absolute atomic E-state index is 12.5. The van der Waals surface area contributed by atoms with Crippen molar-refractivity contribution in [2.45, 2.75) is 172 Å². The lowest BCUT2D eigenvalue weighted by Gasteiger charge is -2.49. The van der Waals surface area contributed by atoms with Crippen molar-refractivity contribution in [2.75, 3.05) is 27.4 Å². The normalized spacial score (nSPS) is 47.0. The standard InChI is InChI=1S/C39H66O13/c1-11-37(34-22(3)17-28(47-34)31-21(2)16-23(4)39(20-40,51-31)49-30(42)19-45-9)13-12-29(48-37)36(8)14-15-38(52-36)18-27(41)24(5)33(50-38)25(6)32(46-10)26(7)35(43)44/h21-29,31-34,40-41H,11-20H2,1-10H3,(H,43,44)/t21-,22-,23+,24+,25-,26-,27-,28+,29+,31-,32+,33-,34+,36-,37-,38+,39-/m0/s1. The second-order valence-electron chi connectivity index (χ2n) is 17.2. The average Bonchev–Trinajstić information content (AvgIpc) is 3.81. The van der Waals surface area contributed by atoms with Gasteiger partial charge in [-0.1, -0.05) is 41.5 Å². The van der Waals surface area contributed by atoms with E-state index in [1.54, 1.807) is 6.92 Å². The molecule has 0 radical (unpaired) electrons. The maximum atomic E-state index is 12.5. The van der Waals surface area contributed by atoms with Crippen LogP contribution in [0.3, 0.4) is 0 Å².